The highest BCUT2D eigenvalue weighted by molar-refractivity contribution is 5.84. The number of halogens is 3. The zero-order chi connectivity index (χ0) is 26.9. The molecule has 192 valence electrons. The molecule has 1 aromatic carbocycles. The average molecular weight is 501 g/mol. The van der Waals surface area contributed by atoms with E-state index in [0.717, 1.165) is 30.5 Å². The maximum atomic E-state index is 12.8. The fourth-order valence-corrected chi connectivity index (χ4v) is 3.93. The molecule has 0 spiro atoms. The van der Waals surface area contributed by atoms with Crippen molar-refractivity contribution in [3.05, 3.63) is 59.3 Å². The van der Waals surface area contributed by atoms with Gasteiger partial charge in [0.2, 0.25) is 5.88 Å². The van der Waals surface area contributed by atoms with Gasteiger partial charge in [0.25, 0.3) is 5.91 Å². The molecule has 1 N–H and O–H groups in total. The first-order valence-electron chi connectivity index (χ1n) is 11.8. The summed E-state index contributed by atoms with van der Waals surface area (Å²) < 4.78 is 43.7. The van der Waals surface area contributed by atoms with E-state index in [-0.39, 0.29) is 23.8 Å². The highest BCUT2D eigenvalue weighted by atomic mass is 19.4. The number of aromatic nitrogens is 1. The van der Waals surface area contributed by atoms with Gasteiger partial charge >= 0.3 is 6.18 Å². The van der Waals surface area contributed by atoms with Crippen molar-refractivity contribution >= 4 is 5.91 Å². The molecular formula is C27H31F3N4O2. The van der Waals surface area contributed by atoms with Crippen LogP contribution in [0.2, 0.25) is 0 Å². The Bertz CT molecular complexity index is 1100. The largest absolute Gasteiger partial charge is 0.462 e. The molecule has 2 rings (SSSR count). The van der Waals surface area contributed by atoms with Crippen LogP contribution in [0.3, 0.4) is 0 Å². The number of alkyl halides is 3. The Balaban J connectivity index is 1.95. The number of carbonyl (C=O) groups excluding carboxylic acids is 1. The van der Waals surface area contributed by atoms with Gasteiger partial charge in [0.15, 0.2) is 5.60 Å². The van der Waals surface area contributed by atoms with Crippen LogP contribution in [0.25, 0.3) is 0 Å². The first-order chi connectivity index (χ1) is 16.9. The molecular weight excluding hydrogens is 469 g/mol. The molecule has 0 fully saturated rings. The molecule has 1 heterocycles. The van der Waals surface area contributed by atoms with Crippen molar-refractivity contribution in [3.8, 4) is 18.0 Å². The topological polar surface area (TPSA) is 98.8 Å². The summed E-state index contributed by atoms with van der Waals surface area (Å²) in [6, 6.07) is 13.6. The second-order valence-electron chi connectivity index (χ2n) is 9.29. The molecule has 0 aliphatic rings. The van der Waals surface area contributed by atoms with Crippen LogP contribution in [0.15, 0.2) is 42.6 Å². The third kappa shape index (κ3) is 7.98. The molecule has 0 saturated heterocycles. The predicted molar refractivity (Wildman–Crippen MR) is 129 cm³/mol. The van der Waals surface area contributed by atoms with Crippen molar-refractivity contribution in [1.82, 2.24) is 10.3 Å². The highest BCUT2D eigenvalue weighted by Crippen LogP contribution is 2.33. The maximum absolute atomic E-state index is 12.8. The first-order valence-corrected chi connectivity index (χ1v) is 11.8. The summed E-state index contributed by atoms with van der Waals surface area (Å²) in [4.78, 5) is 16.4. The number of benzene rings is 1. The molecule has 3 unspecified atom stereocenters. The monoisotopic (exact) mass is 500 g/mol. The van der Waals surface area contributed by atoms with Crippen LogP contribution in [0, 0.1) is 28.6 Å². The van der Waals surface area contributed by atoms with E-state index in [2.05, 4.69) is 22.4 Å². The van der Waals surface area contributed by atoms with Crippen LogP contribution in [0.4, 0.5) is 13.2 Å². The molecule has 1 aromatic heterocycles. The Morgan fingerprint density at radius 2 is 1.89 bits per heavy atom. The van der Waals surface area contributed by atoms with Crippen molar-refractivity contribution in [2.45, 2.75) is 77.1 Å². The molecule has 3 atom stereocenters. The van der Waals surface area contributed by atoms with E-state index in [1.165, 1.54) is 13.8 Å². The number of rotatable bonds is 11. The lowest BCUT2D eigenvalue weighted by Crippen LogP contribution is -2.49. The number of pyridine rings is 1. The van der Waals surface area contributed by atoms with Gasteiger partial charge in [-0.25, -0.2) is 4.98 Å². The molecule has 0 bridgehead atoms. The van der Waals surface area contributed by atoms with Gasteiger partial charge in [0.05, 0.1) is 29.2 Å². The smallest absolute Gasteiger partial charge is 0.417 e. The fraction of sp³-hybridized carbons (Fsp3) is 0.481. The standard InChI is InChI=1S/C27H31F3N4O2/c1-5-20(16-32)23(21-10-7-9-19(14-21)15-31)11-6-8-18(2)34-25(35)26(3,4)36-24-13-12-22(17-33-24)27(28,29)30/h7,9-10,12-14,17-18,20,23H,5-6,8,11H2,1-4H3,(H,34,35). The molecule has 9 heteroatoms. The summed E-state index contributed by atoms with van der Waals surface area (Å²) in [6.07, 6.45) is -1.04. The predicted octanol–water partition coefficient (Wildman–Crippen LogP) is 6.14. The van der Waals surface area contributed by atoms with E-state index in [4.69, 9.17) is 4.74 Å². The molecule has 0 radical (unpaired) electrons. The third-order valence-electron chi connectivity index (χ3n) is 6.04. The van der Waals surface area contributed by atoms with Gasteiger partial charge in [-0.3, -0.25) is 4.79 Å². The normalized spacial score (nSPS) is 14.1. The van der Waals surface area contributed by atoms with Gasteiger partial charge < -0.3 is 10.1 Å². The minimum Gasteiger partial charge on any atom is -0.462 e. The van der Waals surface area contributed by atoms with Gasteiger partial charge in [-0.1, -0.05) is 25.5 Å². The van der Waals surface area contributed by atoms with Crippen LogP contribution in [0.5, 0.6) is 5.88 Å². The van der Waals surface area contributed by atoms with E-state index in [1.54, 1.807) is 6.07 Å². The highest BCUT2D eigenvalue weighted by Gasteiger charge is 2.33. The fourth-order valence-electron chi connectivity index (χ4n) is 3.93. The number of carbonyl (C=O) groups is 1. The Morgan fingerprint density at radius 3 is 2.44 bits per heavy atom. The van der Waals surface area contributed by atoms with E-state index in [1.807, 2.05) is 32.0 Å². The Labute approximate surface area is 210 Å². The molecule has 36 heavy (non-hydrogen) atoms. The van der Waals surface area contributed by atoms with E-state index < -0.39 is 23.2 Å². The Hall–Kier alpha value is -3.59. The van der Waals surface area contributed by atoms with Crippen LogP contribution in [-0.4, -0.2) is 22.5 Å². The minimum atomic E-state index is -4.50. The lowest BCUT2D eigenvalue weighted by molar-refractivity contribution is -0.138. The maximum Gasteiger partial charge on any atom is 0.417 e. The lowest BCUT2D eigenvalue weighted by atomic mass is 9.81. The quantitative estimate of drug-likeness (QED) is 0.400. The number of nitrogens with one attached hydrogen (secondary N) is 1. The number of hydrogen-bond donors (Lipinski definition) is 1. The van der Waals surface area contributed by atoms with E-state index in [9.17, 15) is 28.5 Å². The zero-order valence-corrected chi connectivity index (χ0v) is 20.9. The van der Waals surface area contributed by atoms with E-state index >= 15 is 0 Å². The molecule has 0 aliphatic heterocycles. The summed E-state index contributed by atoms with van der Waals surface area (Å²) >= 11 is 0. The summed E-state index contributed by atoms with van der Waals surface area (Å²) in [7, 11) is 0. The van der Waals surface area contributed by atoms with Crippen molar-refractivity contribution < 1.29 is 22.7 Å². The van der Waals surface area contributed by atoms with Gasteiger partial charge in [0, 0.05) is 18.3 Å². The summed E-state index contributed by atoms with van der Waals surface area (Å²) in [5.41, 5.74) is -0.742. The Kier molecular flexibility index (Phi) is 9.86. The van der Waals surface area contributed by atoms with Gasteiger partial charge in [-0.2, -0.15) is 23.7 Å². The van der Waals surface area contributed by atoms with Crippen LogP contribution >= 0.6 is 0 Å². The molecule has 6 nitrogen and oxygen atoms in total. The number of amides is 1. The third-order valence-corrected chi connectivity index (χ3v) is 6.04. The van der Waals surface area contributed by atoms with Crippen LogP contribution < -0.4 is 10.1 Å². The van der Waals surface area contributed by atoms with Crippen LogP contribution in [0.1, 0.15) is 76.0 Å². The lowest BCUT2D eigenvalue weighted by Gasteiger charge is -2.27. The van der Waals surface area contributed by atoms with Crippen molar-refractivity contribution in [3.63, 3.8) is 0 Å². The summed E-state index contributed by atoms with van der Waals surface area (Å²) in [6.45, 7) is 6.86. The zero-order valence-electron chi connectivity index (χ0n) is 20.9. The molecule has 0 saturated carbocycles. The second-order valence-corrected chi connectivity index (χ2v) is 9.29. The van der Waals surface area contributed by atoms with Crippen molar-refractivity contribution in [1.29, 1.82) is 10.5 Å². The van der Waals surface area contributed by atoms with Crippen molar-refractivity contribution in [2.24, 2.45) is 5.92 Å². The number of nitrogens with zero attached hydrogens (tertiary/aromatic N) is 3. The van der Waals surface area contributed by atoms with E-state index in [0.29, 0.717) is 24.6 Å². The molecule has 1 amide bonds. The second kappa shape index (κ2) is 12.4. The van der Waals surface area contributed by atoms with Crippen LogP contribution in [-0.2, 0) is 11.0 Å². The number of ether oxygens (including phenoxy) is 1. The molecule has 0 aliphatic carbocycles. The summed E-state index contributed by atoms with van der Waals surface area (Å²) in [5.74, 6) is -0.715. The average Bonchev–Trinajstić information content (AvgIpc) is 2.83. The Morgan fingerprint density at radius 1 is 1.17 bits per heavy atom. The number of nitriles is 2. The SMILES string of the molecule is CCC(C#N)C(CCCC(C)NC(=O)C(C)(C)Oc1ccc(C(F)(F)F)cn1)c1cccc(C#N)c1. The van der Waals surface area contributed by atoms with Gasteiger partial charge in [0.1, 0.15) is 0 Å². The first kappa shape index (κ1) is 28.6. The van der Waals surface area contributed by atoms with Crippen molar-refractivity contribution in [2.75, 3.05) is 0 Å². The van der Waals surface area contributed by atoms with Gasteiger partial charge in [-0.05, 0) is 69.7 Å². The minimum absolute atomic E-state index is 0.0262. The number of hydrogen-bond acceptors (Lipinski definition) is 5. The van der Waals surface area contributed by atoms with Gasteiger partial charge in [-0.15, -0.1) is 0 Å². The molecule has 2 aromatic rings. The summed E-state index contributed by atoms with van der Waals surface area (Å²) in [5, 5.41) is 21.7.